The van der Waals surface area contributed by atoms with Crippen LogP contribution in [0.15, 0.2) is 53.0 Å². The Kier molecular flexibility index (Phi) is 3.71. The van der Waals surface area contributed by atoms with E-state index in [4.69, 9.17) is 9.52 Å². The van der Waals surface area contributed by atoms with Gasteiger partial charge in [0.1, 0.15) is 5.70 Å². The summed E-state index contributed by atoms with van der Waals surface area (Å²) in [4.78, 5) is 28.7. The summed E-state index contributed by atoms with van der Waals surface area (Å²) in [5, 5.41) is 11.8. The van der Waals surface area contributed by atoms with Gasteiger partial charge >= 0.3 is 0 Å². The maximum Gasteiger partial charge on any atom is 0.277 e. The number of aromatic nitrogens is 1. The molecule has 7 heteroatoms. The summed E-state index contributed by atoms with van der Waals surface area (Å²) in [7, 11) is 0. The number of nitrogens with one attached hydrogen (secondary N) is 1. The Balaban J connectivity index is 1.88. The molecule has 7 nitrogen and oxygen atoms in total. The van der Waals surface area contributed by atoms with Crippen LogP contribution in [0.1, 0.15) is 0 Å². The van der Waals surface area contributed by atoms with E-state index in [1.54, 1.807) is 18.3 Å². The third-order valence-corrected chi connectivity index (χ3v) is 3.23. The van der Waals surface area contributed by atoms with Crippen LogP contribution >= 0.6 is 0 Å². The van der Waals surface area contributed by atoms with Crippen LogP contribution in [0.5, 0.6) is 0 Å². The molecule has 0 spiro atoms. The second kappa shape index (κ2) is 5.82. The molecule has 0 aliphatic carbocycles. The lowest BCUT2D eigenvalue weighted by Gasteiger charge is -2.14. The average molecular weight is 299 g/mol. The molecule has 0 atom stereocenters. The fraction of sp³-hybridized carbons (Fsp3) is 0.133. The van der Waals surface area contributed by atoms with Crippen molar-refractivity contribution in [3.63, 3.8) is 0 Å². The van der Waals surface area contributed by atoms with E-state index in [1.165, 1.54) is 12.5 Å². The van der Waals surface area contributed by atoms with E-state index < -0.39 is 11.8 Å². The van der Waals surface area contributed by atoms with Crippen molar-refractivity contribution in [1.82, 2.24) is 9.88 Å². The van der Waals surface area contributed by atoms with Gasteiger partial charge in [0.25, 0.3) is 11.8 Å². The topological polar surface area (TPSA) is 95.7 Å². The van der Waals surface area contributed by atoms with Gasteiger partial charge in [0.2, 0.25) is 0 Å². The monoisotopic (exact) mass is 299 g/mol. The smallest absolute Gasteiger partial charge is 0.277 e. The largest absolute Gasteiger partial charge is 0.443 e. The molecule has 0 radical (unpaired) electrons. The fourth-order valence-electron chi connectivity index (χ4n) is 2.21. The van der Waals surface area contributed by atoms with Gasteiger partial charge in [-0.1, -0.05) is 12.1 Å². The van der Waals surface area contributed by atoms with Crippen molar-refractivity contribution in [3.05, 3.63) is 48.6 Å². The summed E-state index contributed by atoms with van der Waals surface area (Å²) in [5.41, 5.74) is 1.50. The first-order chi connectivity index (χ1) is 10.7. The molecule has 1 aromatic heterocycles. The molecule has 2 heterocycles. The molecule has 0 saturated heterocycles. The highest BCUT2D eigenvalue weighted by Crippen LogP contribution is 2.29. The van der Waals surface area contributed by atoms with Gasteiger partial charge in [0.05, 0.1) is 19.3 Å². The summed E-state index contributed by atoms with van der Waals surface area (Å²) >= 11 is 0. The number of aliphatic hydroxyl groups excluding tert-OH is 1. The first kappa shape index (κ1) is 14.0. The van der Waals surface area contributed by atoms with Crippen LogP contribution in [-0.4, -0.2) is 40.0 Å². The van der Waals surface area contributed by atoms with Gasteiger partial charge in [-0.2, -0.15) is 0 Å². The Hall–Kier alpha value is -2.93. The lowest BCUT2D eigenvalue weighted by atomic mass is 10.1. The van der Waals surface area contributed by atoms with Crippen LogP contribution < -0.4 is 5.32 Å². The van der Waals surface area contributed by atoms with Gasteiger partial charge in [-0.15, -0.1) is 0 Å². The Morgan fingerprint density at radius 2 is 2.09 bits per heavy atom. The van der Waals surface area contributed by atoms with E-state index in [-0.39, 0.29) is 18.8 Å². The molecule has 2 aromatic rings. The van der Waals surface area contributed by atoms with Crippen molar-refractivity contribution in [2.75, 3.05) is 18.5 Å². The predicted molar refractivity (Wildman–Crippen MR) is 77.5 cm³/mol. The van der Waals surface area contributed by atoms with Gasteiger partial charge in [-0.05, 0) is 12.1 Å². The molecule has 0 unspecified atom stereocenters. The van der Waals surface area contributed by atoms with Crippen molar-refractivity contribution in [3.8, 4) is 11.3 Å². The molecule has 3 rings (SSSR count). The zero-order valence-corrected chi connectivity index (χ0v) is 11.5. The van der Waals surface area contributed by atoms with Crippen LogP contribution in [0.25, 0.3) is 11.3 Å². The van der Waals surface area contributed by atoms with Crippen molar-refractivity contribution in [1.29, 1.82) is 0 Å². The lowest BCUT2D eigenvalue weighted by Crippen LogP contribution is -2.34. The highest BCUT2D eigenvalue weighted by molar-refractivity contribution is 6.17. The van der Waals surface area contributed by atoms with Gasteiger partial charge in [-0.25, -0.2) is 4.98 Å². The third-order valence-electron chi connectivity index (χ3n) is 3.23. The maximum absolute atomic E-state index is 12.1. The minimum atomic E-state index is -0.466. The molecular weight excluding hydrogens is 286 g/mol. The zero-order chi connectivity index (χ0) is 15.5. The van der Waals surface area contributed by atoms with E-state index in [0.29, 0.717) is 11.4 Å². The van der Waals surface area contributed by atoms with Gasteiger partial charge < -0.3 is 14.8 Å². The summed E-state index contributed by atoms with van der Waals surface area (Å²) in [6.45, 7) is -0.295. The van der Waals surface area contributed by atoms with E-state index in [1.807, 2.05) is 12.1 Å². The maximum atomic E-state index is 12.1. The second-order valence-corrected chi connectivity index (χ2v) is 4.61. The molecule has 0 fully saturated rings. The highest BCUT2D eigenvalue weighted by Gasteiger charge is 2.30. The molecule has 112 valence electrons. The number of carbonyl (C=O) groups is 2. The quantitative estimate of drug-likeness (QED) is 0.800. The summed E-state index contributed by atoms with van der Waals surface area (Å²) in [6.07, 6.45) is 4.10. The molecule has 22 heavy (non-hydrogen) atoms. The Morgan fingerprint density at radius 3 is 2.82 bits per heavy atom. The van der Waals surface area contributed by atoms with Crippen LogP contribution in [-0.2, 0) is 9.59 Å². The van der Waals surface area contributed by atoms with E-state index in [9.17, 15) is 9.59 Å². The number of hydrogen-bond acceptors (Lipinski definition) is 6. The van der Waals surface area contributed by atoms with Gasteiger partial charge in [-0.3, -0.25) is 14.5 Å². The summed E-state index contributed by atoms with van der Waals surface area (Å²) in [5.74, 6) is -0.363. The number of carbonyl (C=O) groups excluding carboxylic acids is 2. The molecule has 1 aliphatic rings. The van der Waals surface area contributed by atoms with Crippen LogP contribution in [0.3, 0.4) is 0 Å². The standard InChI is InChI=1S/C15H13N3O4/c19-6-5-18-14(20)7-12(15(18)21)17-11-4-2-1-3-10(11)13-8-16-9-22-13/h1-4,7-9,17,19H,5-6H2. The molecule has 2 amide bonds. The van der Waals surface area contributed by atoms with Crippen molar-refractivity contribution in [2.24, 2.45) is 0 Å². The van der Waals surface area contributed by atoms with Crippen LogP contribution in [0, 0.1) is 0 Å². The molecule has 1 aliphatic heterocycles. The van der Waals surface area contributed by atoms with E-state index >= 15 is 0 Å². The predicted octanol–water partition coefficient (Wildman–Crippen LogP) is 0.998. The third kappa shape index (κ3) is 2.49. The SMILES string of the molecule is O=C1C=C(Nc2ccccc2-c2cnco2)C(=O)N1CCO. The minimum Gasteiger partial charge on any atom is -0.443 e. The summed E-state index contributed by atoms with van der Waals surface area (Å²) in [6, 6.07) is 7.22. The molecule has 0 saturated carbocycles. The Morgan fingerprint density at radius 1 is 1.27 bits per heavy atom. The number of aliphatic hydroxyl groups is 1. The normalized spacial score (nSPS) is 14.4. The minimum absolute atomic E-state index is 0.0247. The zero-order valence-electron chi connectivity index (χ0n) is 11.5. The molecule has 0 bridgehead atoms. The number of amides is 2. The molecular formula is C15H13N3O4. The fourth-order valence-corrected chi connectivity index (χ4v) is 2.21. The number of nitrogens with zero attached hydrogens (tertiary/aromatic N) is 2. The van der Waals surface area contributed by atoms with Gasteiger partial charge in [0, 0.05) is 17.3 Å². The van der Waals surface area contributed by atoms with Crippen molar-refractivity contribution >= 4 is 17.5 Å². The first-order valence-corrected chi connectivity index (χ1v) is 6.64. The second-order valence-electron chi connectivity index (χ2n) is 4.61. The highest BCUT2D eigenvalue weighted by atomic mass is 16.3. The molecule has 1 aromatic carbocycles. The summed E-state index contributed by atoms with van der Waals surface area (Å²) < 4.78 is 5.27. The average Bonchev–Trinajstić information content (AvgIpc) is 3.13. The van der Waals surface area contributed by atoms with E-state index in [2.05, 4.69) is 10.3 Å². The van der Waals surface area contributed by atoms with Crippen LogP contribution in [0.2, 0.25) is 0 Å². The number of benzene rings is 1. The first-order valence-electron chi connectivity index (χ1n) is 6.64. The van der Waals surface area contributed by atoms with Gasteiger partial charge in [0.15, 0.2) is 12.2 Å². The number of imide groups is 1. The van der Waals surface area contributed by atoms with E-state index in [0.717, 1.165) is 10.5 Å². The Labute approximate surface area is 125 Å². The van der Waals surface area contributed by atoms with Crippen LogP contribution in [0.4, 0.5) is 5.69 Å². The van der Waals surface area contributed by atoms with Crippen molar-refractivity contribution in [2.45, 2.75) is 0 Å². The van der Waals surface area contributed by atoms with Crippen molar-refractivity contribution < 1.29 is 19.1 Å². The number of anilines is 1. The number of hydrogen-bond donors (Lipinski definition) is 2. The number of para-hydroxylation sites is 1. The number of rotatable bonds is 5. The number of β-amino-alcohol motifs (C(OH)–C–C–N with tert-alkyl or cyclic N) is 1. The lowest BCUT2D eigenvalue weighted by molar-refractivity contribution is -0.137. The molecule has 2 N–H and O–H groups in total. The Bertz CT molecular complexity index is 737. The number of oxazole rings is 1.